The first kappa shape index (κ1) is 20.3. The summed E-state index contributed by atoms with van der Waals surface area (Å²) in [6.45, 7) is 12.9. The zero-order valence-electron chi connectivity index (χ0n) is 18.7. The Morgan fingerprint density at radius 2 is 0.900 bits per heavy atom. The Bertz CT molecular complexity index is 1180. The van der Waals surface area contributed by atoms with E-state index in [9.17, 15) is 10.2 Å². The van der Waals surface area contributed by atoms with E-state index >= 15 is 0 Å². The van der Waals surface area contributed by atoms with Crippen LogP contribution < -0.4 is 0 Å². The second kappa shape index (κ2) is 7.36. The van der Waals surface area contributed by atoms with Gasteiger partial charge in [-0.2, -0.15) is 0 Å². The molecule has 0 amide bonds. The summed E-state index contributed by atoms with van der Waals surface area (Å²) in [5.74, 6) is 1.29. The number of fused-ring (bicyclic) bond motifs is 2. The van der Waals surface area contributed by atoms with Crippen LogP contribution in [-0.2, 0) is 0 Å². The van der Waals surface area contributed by atoms with Gasteiger partial charge in [-0.1, -0.05) is 39.8 Å². The number of aryl methyl sites for hydroxylation is 2. The topological polar surface area (TPSA) is 40.5 Å². The van der Waals surface area contributed by atoms with Crippen molar-refractivity contribution in [3.8, 4) is 22.6 Å². The van der Waals surface area contributed by atoms with Crippen LogP contribution in [0.4, 0.5) is 0 Å². The van der Waals surface area contributed by atoms with Gasteiger partial charge >= 0.3 is 0 Å². The van der Waals surface area contributed by atoms with Gasteiger partial charge in [0.05, 0.1) is 0 Å². The second-order valence-corrected chi connectivity index (χ2v) is 9.16. The van der Waals surface area contributed by atoms with Crippen LogP contribution in [0.2, 0.25) is 0 Å². The summed E-state index contributed by atoms with van der Waals surface area (Å²) in [6.07, 6.45) is 0. The van der Waals surface area contributed by atoms with E-state index in [-0.39, 0.29) is 0 Å². The number of hydrogen-bond acceptors (Lipinski definition) is 2. The van der Waals surface area contributed by atoms with Crippen LogP contribution >= 0.6 is 0 Å². The highest BCUT2D eigenvalue weighted by molar-refractivity contribution is 5.97. The molecule has 0 spiro atoms. The summed E-state index contributed by atoms with van der Waals surface area (Å²) in [5.41, 5.74) is 7.08. The molecule has 0 saturated heterocycles. The minimum absolute atomic E-state index is 0.308. The number of phenols is 2. The minimum atomic E-state index is 0.308. The van der Waals surface area contributed by atoms with Gasteiger partial charge in [-0.05, 0) is 117 Å². The Labute approximate surface area is 178 Å². The molecule has 0 bridgehead atoms. The van der Waals surface area contributed by atoms with Crippen LogP contribution in [0, 0.1) is 13.8 Å². The van der Waals surface area contributed by atoms with Crippen molar-refractivity contribution in [3.63, 3.8) is 0 Å². The average Bonchev–Trinajstić information content (AvgIpc) is 2.66. The van der Waals surface area contributed by atoms with Crippen LogP contribution in [0.15, 0.2) is 48.5 Å². The Hall–Kier alpha value is -3.00. The van der Waals surface area contributed by atoms with Crippen molar-refractivity contribution in [2.24, 2.45) is 0 Å². The quantitative estimate of drug-likeness (QED) is 0.368. The Morgan fingerprint density at radius 1 is 0.533 bits per heavy atom. The minimum Gasteiger partial charge on any atom is -0.508 e. The molecule has 0 aliphatic carbocycles. The van der Waals surface area contributed by atoms with Crippen molar-refractivity contribution < 1.29 is 10.2 Å². The van der Waals surface area contributed by atoms with Crippen LogP contribution in [0.25, 0.3) is 32.7 Å². The molecule has 2 N–H and O–H groups in total. The third-order valence-corrected chi connectivity index (χ3v) is 6.16. The fourth-order valence-electron chi connectivity index (χ4n) is 4.60. The molecule has 0 unspecified atom stereocenters. The molecular formula is C28H30O2. The molecule has 4 rings (SSSR count). The summed E-state index contributed by atoms with van der Waals surface area (Å²) in [5, 5.41) is 25.0. The Balaban J connectivity index is 2.00. The highest BCUT2D eigenvalue weighted by Gasteiger charge is 2.15. The van der Waals surface area contributed by atoms with Crippen LogP contribution in [0.3, 0.4) is 0 Å². The van der Waals surface area contributed by atoms with Gasteiger partial charge < -0.3 is 10.2 Å². The van der Waals surface area contributed by atoms with Crippen LogP contribution in [0.1, 0.15) is 61.8 Å². The van der Waals surface area contributed by atoms with E-state index in [4.69, 9.17) is 0 Å². The lowest BCUT2D eigenvalue weighted by Crippen LogP contribution is -1.95. The number of phenolic OH excluding ortho intramolecular Hbond substituents is 2. The van der Waals surface area contributed by atoms with Gasteiger partial charge in [0.2, 0.25) is 0 Å². The fraction of sp³-hybridized carbons (Fsp3) is 0.286. The molecule has 0 aromatic heterocycles. The molecule has 0 saturated carbocycles. The smallest absolute Gasteiger partial charge is 0.116 e. The summed E-state index contributed by atoms with van der Waals surface area (Å²) in [7, 11) is 0. The van der Waals surface area contributed by atoms with Crippen molar-refractivity contribution in [3.05, 3.63) is 70.8 Å². The summed E-state index contributed by atoms with van der Waals surface area (Å²) in [4.78, 5) is 0. The molecule has 0 radical (unpaired) electrons. The van der Waals surface area contributed by atoms with Gasteiger partial charge in [0.15, 0.2) is 0 Å². The molecule has 4 aromatic carbocycles. The Kier molecular flexibility index (Phi) is 4.97. The van der Waals surface area contributed by atoms with Crippen molar-refractivity contribution >= 4 is 21.5 Å². The van der Waals surface area contributed by atoms with E-state index in [0.717, 1.165) is 21.9 Å². The molecule has 0 atom stereocenters. The predicted molar refractivity (Wildman–Crippen MR) is 128 cm³/mol. The maximum Gasteiger partial charge on any atom is 0.116 e. The lowest BCUT2D eigenvalue weighted by atomic mass is 9.87. The summed E-state index contributed by atoms with van der Waals surface area (Å²) < 4.78 is 0. The first-order valence-electron chi connectivity index (χ1n) is 10.7. The molecule has 2 heteroatoms. The molecule has 154 valence electrons. The first-order valence-corrected chi connectivity index (χ1v) is 10.7. The summed E-state index contributed by atoms with van der Waals surface area (Å²) in [6, 6.07) is 16.3. The van der Waals surface area contributed by atoms with E-state index in [2.05, 4.69) is 65.8 Å². The molecule has 0 fully saturated rings. The molecule has 4 aromatic rings. The molecule has 0 aliphatic heterocycles. The van der Waals surface area contributed by atoms with Gasteiger partial charge in [-0.15, -0.1) is 0 Å². The van der Waals surface area contributed by atoms with Crippen LogP contribution in [0.5, 0.6) is 11.5 Å². The van der Waals surface area contributed by atoms with Gasteiger partial charge in [0, 0.05) is 0 Å². The van der Waals surface area contributed by atoms with E-state index in [1.807, 2.05) is 24.3 Å². The Morgan fingerprint density at radius 3 is 1.23 bits per heavy atom. The van der Waals surface area contributed by atoms with Gasteiger partial charge in [-0.25, -0.2) is 0 Å². The maximum absolute atomic E-state index is 10.3. The largest absolute Gasteiger partial charge is 0.508 e. The number of hydrogen-bond donors (Lipinski definition) is 2. The van der Waals surface area contributed by atoms with E-state index < -0.39 is 0 Å². The third kappa shape index (κ3) is 3.41. The maximum atomic E-state index is 10.3. The second-order valence-electron chi connectivity index (χ2n) is 9.16. The SMILES string of the molecule is Cc1cc2c(C(C)C)cc(O)cc2cc1-c1cc2cc(O)cc(C(C)C)c2cc1C. The molecule has 0 aliphatic rings. The highest BCUT2D eigenvalue weighted by atomic mass is 16.3. The molecule has 30 heavy (non-hydrogen) atoms. The number of aromatic hydroxyl groups is 2. The first-order chi connectivity index (χ1) is 14.2. The van der Waals surface area contributed by atoms with Crippen molar-refractivity contribution in [2.75, 3.05) is 0 Å². The van der Waals surface area contributed by atoms with Crippen molar-refractivity contribution in [1.82, 2.24) is 0 Å². The van der Waals surface area contributed by atoms with Crippen molar-refractivity contribution in [1.29, 1.82) is 0 Å². The lowest BCUT2D eigenvalue weighted by Gasteiger charge is -2.18. The zero-order chi connectivity index (χ0) is 21.7. The van der Waals surface area contributed by atoms with Gasteiger partial charge in [0.25, 0.3) is 0 Å². The van der Waals surface area contributed by atoms with Gasteiger partial charge in [-0.3, -0.25) is 0 Å². The predicted octanol–water partition coefficient (Wildman–Crippen LogP) is 7.93. The zero-order valence-corrected chi connectivity index (χ0v) is 18.7. The third-order valence-electron chi connectivity index (χ3n) is 6.16. The standard InChI is InChI=1S/C28H30O2/c1-15(2)23-13-21(29)9-19-11-25(17(5)7-27(19)23)26-12-20-10-22(30)14-24(16(3)4)28(20)8-18(26)6/h7-16,29-30H,1-6H3. The van der Waals surface area contributed by atoms with E-state index in [1.165, 1.54) is 33.0 Å². The van der Waals surface area contributed by atoms with Crippen molar-refractivity contribution in [2.45, 2.75) is 53.4 Å². The number of rotatable bonds is 3. The summed E-state index contributed by atoms with van der Waals surface area (Å²) >= 11 is 0. The van der Waals surface area contributed by atoms with Gasteiger partial charge in [0.1, 0.15) is 11.5 Å². The molecular weight excluding hydrogens is 368 g/mol. The average molecular weight is 399 g/mol. The molecule has 0 heterocycles. The lowest BCUT2D eigenvalue weighted by molar-refractivity contribution is 0.474. The normalized spacial score (nSPS) is 11.9. The monoisotopic (exact) mass is 398 g/mol. The van der Waals surface area contributed by atoms with E-state index in [0.29, 0.717) is 23.3 Å². The van der Waals surface area contributed by atoms with Crippen LogP contribution in [-0.4, -0.2) is 10.2 Å². The molecule has 2 nitrogen and oxygen atoms in total. The highest BCUT2D eigenvalue weighted by Crippen LogP contribution is 2.39. The number of benzene rings is 4. The van der Waals surface area contributed by atoms with E-state index in [1.54, 1.807) is 0 Å². The fourth-order valence-corrected chi connectivity index (χ4v) is 4.60.